The van der Waals surface area contributed by atoms with Gasteiger partial charge < -0.3 is 0 Å². The van der Waals surface area contributed by atoms with Crippen molar-refractivity contribution in [2.24, 2.45) is 0 Å². The molecule has 0 aliphatic heterocycles. The Hall–Kier alpha value is -1.55. The molecule has 0 saturated carbocycles. The Bertz CT molecular complexity index is 533. The van der Waals surface area contributed by atoms with E-state index in [1.54, 1.807) is 17.5 Å². The van der Waals surface area contributed by atoms with Crippen LogP contribution < -0.4 is 0 Å². The number of hydrogen-bond donors (Lipinski definition) is 0. The van der Waals surface area contributed by atoms with E-state index in [1.165, 1.54) is 0 Å². The summed E-state index contributed by atoms with van der Waals surface area (Å²) in [4.78, 5) is 21.4. The Labute approximate surface area is 97.2 Å². The SMILES string of the molecule is O=C1CCCc2sc(-c3ccccn3)nc21. The summed E-state index contributed by atoms with van der Waals surface area (Å²) in [6.07, 6.45) is 4.32. The van der Waals surface area contributed by atoms with E-state index < -0.39 is 0 Å². The molecule has 0 aromatic carbocycles. The van der Waals surface area contributed by atoms with E-state index in [-0.39, 0.29) is 5.78 Å². The number of aromatic nitrogens is 2. The van der Waals surface area contributed by atoms with Crippen molar-refractivity contribution >= 4 is 17.1 Å². The number of pyridine rings is 1. The Morgan fingerprint density at radius 2 is 2.19 bits per heavy atom. The minimum Gasteiger partial charge on any atom is -0.292 e. The molecule has 0 bridgehead atoms. The maximum absolute atomic E-state index is 11.7. The van der Waals surface area contributed by atoms with Crippen molar-refractivity contribution in [1.82, 2.24) is 9.97 Å². The summed E-state index contributed by atoms with van der Waals surface area (Å²) in [7, 11) is 0. The molecule has 0 atom stereocenters. The molecule has 1 aliphatic carbocycles. The summed E-state index contributed by atoms with van der Waals surface area (Å²) in [5.74, 6) is 0.180. The predicted molar refractivity (Wildman–Crippen MR) is 62.6 cm³/mol. The molecule has 0 unspecified atom stereocenters. The number of nitrogens with zero attached hydrogens (tertiary/aromatic N) is 2. The molecule has 0 fully saturated rings. The van der Waals surface area contributed by atoms with Crippen LogP contribution in [0.3, 0.4) is 0 Å². The van der Waals surface area contributed by atoms with Crippen LogP contribution in [0.4, 0.5) is 0 Å². The fourth-order valence-corrected chi connectivity index (χ4v) is 2.96. The highest BCUT2D eigenvalue weighted by Gasteiger charge is 2.22. The quantitative estimate of drug-likeness (QED) is 0.756. The Morgan fingerprint density at radius 3 is 2.94 bits per heavy atom. The minimum absolute atomic E-state index is 0.180. The van der Waals surface area contributed by atoms with Crippen LogP contribution in [0.15, 0.2) is 24.4 Å². The van der Waals surface area contributed by atoms with Crippen LogP contribution in [-0.2, 0) is 6.42 Å². The average molecular weight is 230 g/mol. The lowest BCUT2D eigenvalue weighted by Gasteiger charge is -2.06. The summed E-state index contributed by atoms with van der Waals surface area (Å²) in [5, 5.41) is 0.862. The van der Waals surface area contributed by atoms with Crippen LogP contribution >= 0.6 is 11.3 Å². The number of hydrogen-bond acceptors (Lipinski definition) is 4. The summed E-state index contributed by atoms with van der Waals surface area (Å²) >= 11 is 1.60. The highest BCUT2D eigenvalue weighted by molar-refractivity contribution is 7.15. The maximum Gasteiger partial charge on any atom is 0.182 e. The first-order chi connectivity index (χ1) is 7.84. The number of thiazole rings is 1. The van der Waals surface area contributed by atoms with Gasteiger partial charge >= 0.3 is 0 Å². The molecule has 2 aromatic rings. The van der Waals surface area contributed by atoms with E-state index in [0.717, 1.165) is 28.4 Å². The van der Waals surface area contributed by atoms with Gasteiger partial charge in [0.05, 0.1) is 5.69 Å². The molecular weight excluding hydrogens is 220 g/mol. The molecule has 0 spiro atoms. The van der Waals surface area contributed by atoms with E-state index in [0.29, 0.717) is 12.1 Å². The molecule has 4 heteroatoms. The van der Waals surface area contributed by atoms with Crippen molar-refractivity contribution < 1.29 is 4.79 Å². The lowest BCUT2D eigenvalue weighted by atomic mass is 10.0. The number of carbonyl (C=O) groups is 1. The molecule has 2 heterocycles. The van der Waals surface area contributed by atoms with Crippen LogP contribution in [0.1, 0.15) is 28.2 Å². The zero-order chi connectivity index (χ0) is 11.0. The molecule has 3 rings (SSSR count). The first kappa shape index (κ1) is 9.66. The van der Waals surface area contributed by atoms with Gasteiger partial charge in [0.25, 0.3) is 0 Å². The second kappa shape index (κ2) is 3.79. The number of Topliss-reactive ketones (excluding diaryl/α,β-unsaturated/α-hetero) is 1. The van der Waals surface area contributed by atoms with Gasteiger partial charge in [-0.25, -0.2) is 4.98 Å². The van der Waals surface area contributed by atoms with Crippen LogP contribution in [0.5, 0.6) is 0 Å². The van der Waals surface area contributed by atoms with Gasteiger partial charge in [0.2, 0.25) is 0 Å². The fourth-order valence-electron chi connectivity index (χ4n) is 1.87. The standard InChI is InChI=1S/C12H10N2OS/c15-9-5-3-6-10-11(9)14-12(16-10)8-4-1-2-7-13-8/h1-2,4,7H,3,5-6H2. The lowest BCUT2D eigenvalue weighted by molar-refractivity contribution is 0.0968. The van der Waals surface area contributed by atoms with Gasteiger partial charge in [-0.05, 0) is 25.0 Å². The zero-order valence-electron chi connectivity index (χ0n) is 8.64. The topological polar surface area (TPSA) is 42.9 Å². The second-order valence-electron chi connectivity index (χ2n) is 3.78. The zero-order valence-corrected chi connectivity index (χ0v) is 9.46. The van der Waals surface area contributed by atoms with Gasteiger partial charge in [0, 0.05) is 17.5 Å². The number of carbonyl (C=O) groups excluding carboxylic acids is 1. The summed E-state index contributed by atoms with van der Waals surface area (Å²) in [6, 6.07) is 5.74. The second-order valence-corrected chi connectivity index (χ2v) is 4.87. The Kier molecular flexibility index (Phi) is 2.29. The van der Waals surface area contributed by atoms with Crippen molar-refractivity contribution in [1.29, 1.82) is 0 Å². The predicted octanol–water partition coefficient (Wildman–Crippen LogP) is 2.72. The first-order valence-electron chi connectivity index (χ1n) is 5.29. The van der Waals surface area contributed by atoms with E-state index in [9.17, 15) is 4.79 Å². The smallest absolute Gasteiger partial charge is 0.182 e. The number of fused-ring (bicyclic) bond motifs is 1. The summed E-state index contributed by atoms with van der Waals surface area (Å²) in [6.45, 7) is 0. The monoisotopic (exact) mass is 230 g/mol. The number of ketones is 1. The highest BCUT2D eigenvalue weighted by Crippen LogP contribution is 2.31. The molecule has 1 aliphatic rings. The Morgan fingerprint density at radius 1 is 1.25 bits per heavy atom. The molecule has 80 valence electrons. The van der Waals surface area contributed by atoms with E-state index in [4.69, 9.17) is 0 Å². The molecular formula is C12H10N2OS. The maximum atomic E-state index is 11.7. The van der Waals surface area contributed by atoms with Crippen LogP contribution in [-0.4, -0.2) is 15.8 Å². The average Bonchev–Trinajstić information content (AvgIpc) is 2.76. The molecule has 0 saturated heterocycles. The summed E-state index contributed by atoms with van der Waals surface area (Å²) < 4.78 is 0. The molecule has 0 amide bonds. The number of aryl methyl sites for hydroxylation is 1. The van der Waals surface area contributed by atoms with E-state index in [2.05, 4.69) is 9.97 Å². The fraction of sp³-hybridized carbons (Fsp3) is 0.250. The third-order valence-electron chi connectivity index (χ3n) is 2.65. The van der Waals surface area contributed by atoms with Crippen LogP contribution in [0.2, 0.25) is 0 Å². The third-order valence-corrected chi connectivity index (χ3v) is 3.79. The Balaban J connectivity index is 2.08. The highest BCUT2D eigenvalue weighted by atomic mass is 32.1. The van der Waals surface area contributed by atoms with Gasteiger partial charge in [0.15, 0.2) is 5.78 Å². The van der Waals surface area contributed by atoms with Crippen molar-refractivity contribution in [3.63, 3.8) is 0 Å². The largest absolute Gasteiger partial charge is 0.292 e. The van der Waals surface area contributed by atoms with Gasteiger partial charge in [-0.1, -0.05) is 6.07 Å². The van der Waals surface area contributed by atoms with Crippen molar-refractivity contribution in [2.75, 3.05) is 0 Å². The molecule has 3 nitrogen and oxygen atoms in total. The third kappa shape index (κ3) is 1.55. The van der Waals surface area contributed by atoms with Gasteiger partial charge in [-0.2, -0.15) is 0 Å². The molecule has 16 heavy (non-hydrogen) atoms. The molecule has 2 aromatic heterocycles. The summed E-state index contributed by atoms with van der Waals surface area (Å²) in [5.41, 5.74) is 1.53. The van der Waals surface area contributed by atoms with Crippen LogP contribution in [0, 0.1) is 0 Å². The van der Waals surface area contributed by atoms with Gasteiger partial charge in [-0.15, -0.1) is 11.3 Å². The van der Waals surface area contributed by atoms with E-state index >= 15 is 0 Å². The van der Waals surface area contributed by atoms with E-state index in [1.807, 2.05) is 18.2 Å². The van der Waals surface area contributed by atoms with Crippen LogP contribution in [0.25, 0.3) is 10.7 Å². The molecule has 0 N–H and O–H groups in total. The molecule has 0 radical (unpaired) electrons. The minimum atomic E-state index is 0.180. The lowest BCUT2D eigenvalue weighted by Crippen LogP contribution is -2.08. The van der Waals surface area contributed by atoms with Crippen molar-refractivity contribution in [2.45, 2.75) is 19.3 Å². The van der Waals surface area contributed by atoms with Gasteiger partial charge in [0.1, 0.15) is 10.7 Å². The van der Waals surface area contributed by atoms with Crippen molar-refractivity contribution in [3.8, 4) is 10.7 Å². The van der Waals surface area contributed by atoms with Crippen molar-refractivity contribution in [3.05, 3.63) is 35.0 Å². The van der Waals surface area contributed by atoms with Gasteiger partial charge in [-0.3, -0.25) is 9.78 Å². The normalized spacial score (nSPS) is 14.9. The first-order valence-corrected chi connectivity index (χ1v) is 6.10. The number of rotatable bonds is 1.